The molecule has 0 bridgehead atoms. The first-order chi connectivity index (χ1) is 12.5. The third-order valence-corrected chi connectivity index (χ3v) is 4.09. The van der Waals surface area contributed by atoms with Crippen LogP contribution < -0.4 is 5.43 Å². The van der Waals surface area contributed by atoms with Gasteiger partial charge in [-0.2, -0.15) is 10.2 Å². The molecular formula is C20H19FN4O. The van der Waals surface area contributed by atoms with E-state index in [1.165, 1.54) is 12.1 Å². The standard InChI is InChI=1S/C20H19FN4O/c1-13-4-6-16(7-5-13)20(26)23-22-12-19-14(2)24-25(15(19)3)18-10-8-17(21)9-11-18/h4-12H,1-3H3,(H,23,26)/b22-12-. The van der Waals surface area contributed by atoms with Crippen LogP contribution in [0.25, 0.3) is 5.69 Å². The van der Waals surface area contributed by atoms with Gasteiger partial charge in [-0.1, -0.05) is 17.7 Å². The van der Waals surface area contributed by atoms with Crippen molar-refractivity contribution in [2.75, 3.05) is 0 Å². The molecule has 1 N–H and O–H groups in total. The molecular weight excluding hydrogens is 331 g/mol. The number of amides is 1. The number of nitrogens with one attached hydrogen (secondary N) is 1. The third kappa shape index (κ3) is 3.69. The highest BCUT2D eigenvalue weighted by atomic mass is 19.1. The van der Waals surface area contributed by atoms with Gasteiger partial charge in [0, 0.05) is 11.1 Å². The molecule has 6 heteroatoms. The molecule has 0 unspecified atom stereocenters. The van der Waals surface area contributed by atoms with Gasteiger partial charge in [0.25, 0.3) is 5.91 Å². The Labute approximate surface area is 151 Å². The largest absolute Gasteiger partial charge is 0.271 e. The maximum atomic E-state index is 13.1. The molecule has 1 amide bonds. The summed E-state index contributed by atoms with van der Waals surface area (Å²) in [5.41, 5.74) is 7.33. The summed E-state index contributed by atoms with van der Waals surface area (Å²) in [6.45, 7) is 5.72. The Morgan fingerprint density at radius 2 is 1.73 bits per heavy atom. The zero-order valence-corrected chi connectivity index (χ0v) is 14.8. The maximum absolute atomic E-state index is 13.1. The molecule has 5 nitrogen and oxygen atoms in total. The number of benzene rings is 2. The van der Waals surface area contributed by atoms with Crippen molar-refractivity contribution in [2.24, 2.45) is 5.10 Å². The summed E-state index contributed by atoms with van der Waals surface area (Å²) in [6.07, 6.45) is 1.57. The number of aromatic nitrogens is 2. The van der Waals surface area contributed by atoms with E-state index >= 15 is 0 Å². The lowest BCUT2D eigenvalue weighted by Gasteiger charge is -2.04. The second-order valence-electron chi connectivity index (χ2n) is 6.04. The third-order valence-electron chi connectivity index (χ3n) is 4.09. The average molecular weight is 350 g/mol. The number of carbonyl (C=O) groups is 1. The molecule has 0 aliphatic carbocycles. The van der Waals surface area contributed by atoms with Crippen LogP contribution in [-0.2, 0) is 0 Å². The van der Waals surface area contributed by atoms with Crippen LogP contribution in [0.2, 0.25) is 0 Å². The molecule has 1 aromatic heterocycles. The van der Waals surface area contributed by atoms with Gasteiger partial charge in [-0.25, -0.2) is 14.5 Å². The summed E-state index contributed by atoms with van der Waals surface area (Å²) < 4.78 is 14.8. The van der Waals surface area contributed by atoms with Gasteiger partial charge in [-0.05, 0) is 57.2 Å². The summed E-state index contributed by atoms with van der Waals surface area (Å²) in [5, 5.41) is 8.51. The fourth-order valence-corrected chi connectivity index (χ4v) is 2.60. The highest BCUT2D eigenvalue weighted by Crippen LogP contribution is 2.16. The monoisotopic (exact) mass is 350 g/mol. The Bertz CT molecular complexity index is 957. The first kappa shape index (κ1) is 17.5. The molecule has 0 aliphatic heterocycles. The Hall–Kier alpha value is -3.28. The highest BCUT2D eigenvalue weighted by molar-refractivity contribution is 5.95. The van der Waals surface area contributed by atoms with Gasteiger partial charge in [0.05, 0.1) is 23.3 Å². The average Bonchev–Trinajstić information content (AvgIpc) is 2.91. The van der Waals surface area contributed by atoms with E-state index in [-0.39, 0.29) is 11.7 Å². The molecule has 0 saturated heterocycles. The van der Waals surface area contributed by atoms with Gasteiger partial charge in [-0.15, -0.1) is 0 Å². The van der Waals surface area contributed by atoms with Gasteiger partial charge in [0.2, 0.25) is 0 Å². The molecule has 3 rings (SSSR count). The van der Waals surface area contributed by atoms with Gasteiger partial charge in [-0.3, -0.25) is 4.79 Å². The summed E-state index contributed by atoms with van der Waals surface area (Å²) in [4.78, 5) is 12.1. The second-order valence-corrected chi connectivity index (χ2v) is 6.04. The van der Waals surface area contributed by atoms with Gasteiger partial charge in [0.1, 0.15) is 5.82 Å². The van der Waals surface area contributed by atoms with Crippen molar-refractivity contribution < 1.29 is 9.18 Å². The van der Waals surface area contributed by atoms with Crippen LogP contribution in [0.5, 0.6) is 0 Å². The second kappa shape index (κ2) is 7.31. The van der Waals surface area contributed by atoms with E-state index in [0.717, 1.165) is 28.2 Å². The zero-order valence-electron chi connectivity index (χ0n) is 14.8. The Morgan fingerprint density at radius 1 is 1.08 bits per heavy atom. The molecule has 26 heavy (non-hydrogen) atoms. The van der Waals surface area contributed by atoms with Crippen LogP contribution in [0.15, 0.2) is 53.6 Å². The Morgan fingerprint density at radius 3 is 2.38 bits per heavy atom. The molecule has 1 heterocycles. The number of nitrogens with zero attached hydrogens (tertiary/aromatic N) is 3. The molecule has 0 atom stereocenters. The first-order valence-corrected chi connectivity index (χ1v) is 8.18. The topological polar surface area (TPSA) is 59.3 Å². The van der Waals surface area contributed by atoms with E-state index in [1.807, 2.05) is 32.9 Å². The maximum Gasteiger partial charge on any atom is 0.271 e. The molecule has 0 fully saturated rings. The molecule has 2 aromatic carbocycles. The van der Waals surface area contributed by atoms with Gasteiger partial charge < -0.3 is 0 Å². The smallest absolute Gasteiger partial charge is 0.267 e. The number of hydrogen-bond donors (Lipinski definition) is 1. The number of carbonyl (C=O) groups excluding carboxylic acids is 1. The quantitative estimate of drug-likeness (QED) is 0.576. The van der Waals surface area contributed by atoms with Crippen LogP contribution in [0, 0.1) is 26.6 Å². The van der Waals surface area contributed by atoms with Crippen molar-refractivity contribution in [2.45, 2.75) is 20.8 Å². The Kier molecular flexibility index (Phi) is 4.93. The lowest BCUT2D eigenvalue weighted by Crippen LogP contribution is -2.17. The van der Waals surface area contributed by atoms with Crippen molar-refractivity contribution in [3.63, 3.8) is 0 Å². The van der Waals surface area contributed by atoms with Crippen LogP contribution in [0.4, 0.5) is 4.39 Å². The first-order valence-electron chi connectivity index (χ1n) is 8.18. The van der Waals surface area contributed by atoms with Crippen LogP contribution in [0.3, 0.4) is 0 Å². The van der Waals surface area contributed by atoms with Crippen LogP contribution in [0.1, 0.15) is 32.9 Å². The van der Waals surface area contributed by atoms with Crippen molar-refractivity contribution >= 4 is 12.1 Å². The fraction of sp³-hybridized carbons (Fsp3) is 0.150. The highest BCUT2D eigenvalue weighted by Gasteiger charge is 2.11. The Balaban J connectivity index is 1.77. The predicted octanol–water partition coefficient (Wildman–Crippen LogP) is 3.70. The van der Waals surface area contributed by atoms with Crippen molar-refractivity contribution in [1.82, 2.24) is 15.2 Å². The number of rotatable bonds is 4. The number of halogens is 1. The SMILES string of the molecule is Cc1ccc(C(=O)N/N=C\c2c(C)nn(-c3ccc(F)cc3)c2C)cc1. The lowest BCUT2D eigenvalue weighted by molar-refractivity contribution is 0.0955. The minimum absolute atomic E-state index is 0.275. The summed E-state index contributed by atoms with van der Waals surface area (Å²) in [7, 11) is 0. The summed E-state index contributed by atoms with van der Waals surface area (Å²) in [5.74, 6) is -0.571. The molecule has 0 spiro atoms. The van der Waals surface area contributed by atoms with E-state index in [4.69, 9.17) is 0 Å². The normalized spacial score (nSPS) is 11.1. The van der Waals surface area contributed by atoms with Crippen molar-refractivity contribution in [3.8, 4) is 5.69 Å². The number of hydrogen-bond acceptors (Lipinski definition) is 3. The molecule has 3 aromatic rings. The van der Waals surface area contributed by atoms with Gasteiger partial charge in [0.15, 0.2) is 0 Å². The van der Waals surface area contributed by atoms with E-state index in [9.17, 15) is 9.18 Å². The van der Waals surface area contributed by atoms with Crippen LogP contribution in [-0.4, -0.2) is 21.9 Å². The number of hydrazone groups is 1. The number of aryl methyl sites for hydroxylation is 2. The summed E-state index contributed by atoms with van der Waals surface area (Å²) >= 11 is 0. The minimum Gasteiger partial charge on any atom is -0.267 e. The minimum atomic E-state index is -0.295. The van der Waals surface area contributed by atoms with E-state index in [0.29, 0.717) is 5.56 Å². The van der Waals surface area contributed by atoms with E-state index in [1.54, 1.807) is 35.2 Å². The summed E-state index contributed by atoms with van der Waals surface area (Å²) in [6, 6.07) is 13.4. The fourth-order valence-electron chi connectivity index (χ4n) is 2.60. The molecule has 132 valence electrons. The molecule has 0 radical (unpaired) electrons. The van der Waals surface area contributed by atoms with E-state index < -0.39 is 0 Å². The lowest BCUT2D eigenvalue weighted by atomic mass is 10.1. The van der Waals surface area contributed by atoms with E-state index in [2.05, 4.69) is 15.6 Å². The van der Waals surface area contributed by atoms with Gasteiger partial charge >= 0.3 is 0 Å². The molecule has 0 saturated carbocycles. The van der Waals surface area contributed by atoms with Crippen molar-refractivity contribution in [3.05, 3.63) is 82.4 Å². The van der Waals surface area contributed by atoms with Crippen LogP contribution >= 0.6 is 0 Å². The molecule has 0 aliphatic rings. The predicted molar refractivity (Wildman–Crippen MR) is 99.2 cm³/mol. The zero-order chi connectivity index (χ0) is 18.7. The van der Waals surface area contributed by atoms with Crippen molar-refractivity contribution in [1.29, 1.82) is 0 Å².